The fourth-order valence-electron chi connectivity index (χ4n) is 2.41. The van der Waals surface area contributed by atoms with Gasteiger partial charge >= 0.3 is 0 Å². The lowest BCUT2D eigenvalue weighted by atomic mass is 9.82. The third-order valence-electron chi connectivity index (χ3n) is 4.11. The Balaban J connectivity index is 2.03. The van der Waals surface area contributed by atoms with Crippen LogP contribution in [0.15, 0.2) is 15.5 Å². The molecular formula is C15H24BrN3O2. The summed E-state index contributed by atoms with van der Waals surface area (Å²) in [6.45, 7) is 7.49. The highest BCUT2D eigenvalue weighted by molar-refractivity contribution is 9.10. The minimum Gasteiger partial charge on any atom is -0.382 e. The van der Waals surface area contributed by atoms with Gasteiger partial charge in [-0.3, -0.25) is 4.79 Å². The van der Waals surface area contributed by atoms with Crippen LogP contribution >= 0.6 is 15.9 Å². The Bertz CT molecular complexity index is 524. The molecule has 1 aromatic heterocycles. The molecule has 6 heteroatoms. The summed E-state index contributed by atoms with van der Waals surface area (Å²) in [5.74, 6) is 0. The highest BCUT2D eigenvalue weighted by Crippen LogP contribution is 2.30. The van der Waals surface area contributed by atoms with Crippen LogP contribution in [0.2, 0.25) is 0 Å². The number of halogens is 1. The molecule has 2 heterocycles. The van der Waals surface area contributed by atoms with Crippen molar-refractivity contribution in [3.05, 3.63) is 21.0 Å². The maximum atomic E-state index is 12.2. The Labute approximate surface area is 134 Å². The second kappa shape index (κ2) is 7.40. The molecule has 21 heavy (non-hydrogen) atoms. The molecule has 0 atom stereocenters. The third kappa shape index (κ3) is 4.30. The molecule has 1 saturated heterocycles. The highest BCUT2D eigenvalue weighted by atomic mass is 79.9. The molecule has 1 N–H and O–H groups in total. The Morgan fingerprint density at radius 1 is 1.48 bits per heavy atom. The van der Waals surface area contributed by atoms with Crippen LogP contribution in [0.1, 0.15) is 39.5 Å². The SMILES string of the molecule is CCCCn1ncc(NCC2(C)CCOCC2)c(Br)c1=O. The largest absolute Gasteiger partial charge is 0.382 e. The minimum atomic E-state index is -0.0643. The first-order valence-corrected chi connectivity index (χ1v) is 8.42. The minimum absolute atomic E-state index is 0.0643. The monoisotopic (exact) mass is 357 g/mol. The van der Waals surface area contributed by atoms with Crippen LogP contribution in [0.25, 0.3) is 0 Å². The van der Waals surface area contributed by atoms with Crippen molar-refractivity contribution in [3.63, 3.8) is 0 Å². The summed E-state index contributed by atoms with van der Waals surface area (Å²) in [7, 11) is 0. The van der Waals surface area contributed by atoms with Gasteiger partial charge in [-0.2, -0.15) is 5.10 Å². The Morgan fingerprint density at radius 3 is 2.86 bits per heavy atom. The van der Waals surface area contributed by atoms with Crippen molar-refractivity contribution in [1.82, 2.24) is 9.78 Å². The standard InChI is InChI=1S/C15H24BrN3O2/c1-3-4-7-19-14(20)13(16)12(10-18-19)17-11-15(2)5-8-21-9-6-15/h10,17H,3-9,11H2,1-2H3. The predicted octanol–water partition coefficient (Wildman–Crippen LogP) is 3.03. The molecule has 0 aliphatic carbocycles. The number of nitrogens with zero attached hydrogens (tertiary/aromatic N) is 2. The van der Waals surface area contributed by atoms with Crippen LogP contribution < -0.4 is 10.9 Å². The summed E-state index contributed by atoms with van der Waals surface area (Å²) in [6.07, 6.45) is 5.83. The Hall–Kier alpha value is -0.880. The maximum Gasteiger partial charge on any atom is 0.283 e. The fourth-order valence-corrected chi connectivity index (χ4v) is 2.85. The van der Waals surface area contributed by atoms with Crippen LogP contribution in [0, 0.1) is 5.41 Å². The van der Waals surface area contributed by atoms with Gasteiger partial charge in [0.2, 0.25) is 0 Å². The van der Waals surface area contributed by atoms with E-state index in [-0.39, 0.29) is 11.0 Å². The number of aryl methyl sites for hydroxylation is 1. The quantitative estimate of drug-likeness (QED) is 0.849. The summed E-state index contributed by atoms with van der Waals surface area (Å²) < 4.78 is 7.51. The van der Waals surface area contributed by atoms with Crippen LogP contribution in [0.3, 0.4) is 0 Å². The van der Waals surface area contributed by atoms with Crippen molar-refractivity contribution in [2.45, 2.75) is 46.1 Å². The molecule has 5 nitrogen and oxygen atoms in total. The third-order valence-corrected chi connectivity index (χ3v) is 4.88. The van der Waals surface area contributed by atoms with Gasteiger partial charge in [-0.15, -0.1) is 0 Å². The first-order valence-electron chi connectivity index (χ1n) is 7.63. The van der Waals surface area contributed by atoms with Gasteiger partial charge in [0.25, 0.3) is 5.56 Å². The van der Waals surface area contributed by atoms with Crippen molar-refractivity contribution in [1.29, 1.82) is 0 Å². The number of hydrogen-bond acceptors (Lipinski definition) is 4. The lowest BCUT2D eigenvalue weighted by molar-refractivity contribution is 0.0300. The number of rotatable bonds is 6. The molecule has 0 amide bonds. The number of ether oxygens (including phenoxy) is 1. The van der Waals surface area contributed by atoms with Crippen molar-refractivity contribution >= 4 is 21.6 Å². The van der Waals surface area contributed by atoms with E-state index in [2.05, 4.69) is 40.2 Å². The van der Waals surface area contributed by atoms with Gasteiger partial charge in [-0.1, -0.05) is 20.3 Å². The highest BCUT2D eigenvalue weighted by Gasteiger charge is 2.27. The number of aromatic nitrogens is 2. The van der Waals surface area contributed by atoms with Gasteiger partial charge in [0.15, 0.2) is 0 Å². The molecule has 0 unspecified atom stereocenters. The van der Waals surface area contributed by atoms with Crippen LogP contribution in [0.4, 0.5) is 5.69 Å². The normalized spacial score (nSPS) is 17.7. The van der Waals surface area contributed by atoms with E-state index in [0.29, 0.717) is 11.0 Å². The number of unbranched alkanes of at least 4 members (excludes halogenated alkanes) is 1. The van der Waals surface area contributed by atoms with E-state index in [9.17, 15) is 4.79 Å². The van der Waals surface area contributed by atoms with Gasteiger partial charge in [0, 0.05) is 26.3 Å². The van der Waals surface area contributed by atoms with Crippen molar-refractivity contribution in [3.8, 4) is 0 Å². The molecule has 1 aliphatic rings. The van der Waals surface area contributed by atoms with E-state index in [1.54, 1.807) is 6.20 Å². The molecule has 1 fully saturated rings. The summed E-state index contributed by atoms with van der Waals surface area (Å²) in [6, 6.07) is 0. The van der Waals surface area contributed by atoms with E-state index < -0.39 is 0 Å². The molecular weight excluding hydrogens is 334 g/mol. The molecule has 0 saturated carbocycles. The average Bonchev–Trinajstić information content (AvgIpc) is 2.48. The smallest absolute Gasteiger partial charge is 0.283 e. The van der Waals surface area contributed by atoms with E-state index in [1.807, 2.05) is 0 Å². The zero-order chi connectivity index (χ0) is 15.3. The molecule has 1 aliphatic heterocycles. The number of hydrogen-bond donors (Lipinski definition) is 1. The summed E-state index contributed by atoms with van der Waals surface area (Å²) in [4.78, 5) is 12.2. The summed E-state index contributed by atoms with van der Waals surface area (Å²) in [5.41, 5.74) is 0.931. The van der Waals surface area contributed by atoms with Gasteiger partial charge in [-0.05, 0) is 40.6 Å². The molecule has 2 rings (SSSR count). The van der Waals surface area contributed by atoms with E-state index in [1.165, 1.54) is 4.68 Å². The van der Waals surface area contributed by atoms with E-state index in [4.69, 9.17) is 4.74 Å². The molecule has 0 aromatic carbocycles. The fraction of sp³-hybridized carbons (Fsp3) is 0.733. The van der Waals surface area contributed by atoms with Crippen LogP contribution in [-0.2, 0) is 11.3 Å². The van der Waals surface area contributed by atoms with Crippen molar-refractivity contribution < 1.29 is 4.74 Å². The van der Waals surface area contributed by atoms with Crippen LogP contribution in [0.5, 0.6) is 0 Å². The number of anilines is 1. The zero-order valence-corrected chi connectivity index (χ0v) is 14.4. The van der Waals surface area contributed by atoms with Gasteiger partial charge in [0.05, 0.1) is 11.9 Å². The Kier molecular flexibility index (Phi) is 5.81. The first-order chi connectivity index (χ1) is 10.1. The van der Waals surface area contributed by atoms with Crippen molar-refractivity contribution in [2.24, 2.45) is 5.41 Å². The molecule has 0 bridgehead atoms. The van der Waals surface area contributed by atoms with E-state index in [0.717, 1.165) is 51.1 Å². The molecule has 0 radical (unpaired) electrons. The predicted molar refractivity (Wildman–Crippen MR) is 87.8 cm³/mol. The lowest BCUT2D eigenvalue weighted by Crippen LogP contribution is -2.34. The van der Waals surface area contributed by atoms with Crippen molar-refractivity contribution in [2.75, 3.05) is 25.1 Å². The molecule has 1 aromatic rings. The molecule has 118 valence electrons. The van der Waals surface area contributed by atoms with E-state index >= 15 is 0 Å². The number of nitrogens with one attached hydrogen (secondary N) is 1. The zero-order valence-electron chi connectivity index (χ0n) is 12.8. The van der Waals surface area contributed by atoms with Crippen LogP contribution in [-0.4, -0.2) is 29.5 Å². The van der Waals surface area contributed by atoms with Gasteiger partial charge < -0.3 is 10.1 Å². The second-order valence-electron chi connectivity index (χ2n) is 6.03. The second-order valence-corrected chi connectivity index (χ2v) is 6.82. The first kappa shape index (κ1) is 16.5. The molecule has 0 spiro atoms. The Morgan fingerprint density at radius 2 is 2.19 bits per heavy atom. The van der Waals surface area contributed by atoms with Gasteiger partial charge in [-0.25, -0.2) is 4.68 Å². The topological polar surface area (TPSA) is 56.1 Å². The summed E-state index contributed by atoms with van der Waals surface area (Å²) >= 11 is 3.41. The lowest BCUT2D eigenvalue weighted by Gasteiger charge is -2.34. The van der Waals surface area contributed by atoms with Gasteiger partial charge in [0.1, 0.15) is 4.47 Å². The maximum absolute atomic E-state index is 12.2. The summed E-state index contributed by atoms with van der Waals surface area (Å²) in [5, 5.41) is 7.62. The average molecular weight is 358 g/mol.